The predicted octanol–water partition coefficient (Wildman–Crippen LogP) is 2.34. The highest BCUT2D eigenvalue weighted by atomic mass is 16.5. The largest absolute Gasteiger partial charge is 0.493 e. The fourth-order valence-corrected chi connectivity index (χ4v) is 1.64. The Labute approximate surface area is 106 Å². The second kappa shape index (κ2) is 5.62. The van der Waals surface area contributed by atoms with E-state index in [0.717, 1.165) is 0 Å². The lowest BCUT2D eigenvalue weighted by molar-refractivity contribution is -0.140. The zero-order valence-corrected chi connectivity index (χ0v) is 11.0. The Kier molecular flexibility index (Phi) is 4.42. The molecule has 0 saturated carbocycles. The summed E-state index contributed by atoms with van der Waals surface area (Å²) >= 11 is 0. The van der Waals surface area contributed by atoms with E-state index in [9.17, 15) is 4.79 Å². The first-order chi connectivity index (χ1) is 8.39. The average molecular weight is 254 g/mol. The van der Waals surface area contributed by atoms with Gasteiger partial charge in [0.2, 0.25) is 5.75 Å². The molecule has 1 N–H and O–H groups in total. The molecule has 100 valence electrons. The lowest BCUT2D eigenvalue weighted by atomic mass is 10.1. The highest BCUT2D eigenvalue weighted by Crippen LogP contribution is 2.38. The number of rotatable bonds is 6. The van der Waals surface area contributed by atoms with Crippen LogP contribution < -0.4 is 14.2 Å². The summed E-state index contributed by atoms with van der Waals surface area (Å²) in [5.74, 6) is 0.546. The molecule has 0 aliphatic carbocycles. The Balaban J connectivity index is 3.00. The maximum absolute atomic E-state index is 10.7. The second-order valence-electron chi connectivity index (χ2n) is 4.42. The molecule has 0 bridgehead atoms. The molecule has 0 aromatic heterocycles. The Hall–Kier alpha value is -1.91. The van der Waals surface area contributed by atoms with E-state index >= 15 is 0 Å². The summed E-state index contributed by atoms with van der Waals surface area (Å²) in [5.41, 5.74) is -0.828. The van der Waals surface area contributed by atoms with Crippen molar-refractivity contribution < 1.29 is 24.1 Å². The molecule has 0 amide bonds. The third-order valence-electron chi connectivity index (χ3n) is 2.33. The van der Waals surface area contributed by atoms with Crippen LogP contribution in [0.4, 0.5) is 0 Å². The molecule has 0 fully saturated rings. The van der Waals surface area contributed by atoms with Crippen molar-refractivity contribution in [3.05, 3.63) is 18.2 Å². The Morgan fingerprint density at radius 1 is 1.22 bits per heavy atom. The van der Waals surface area contributed by atoms with Gasteiger partial charge >= 0.3 is 5.97 Å². The van der Waals surface area contributed by atoms with E-state index in [-0.39, 0.29) is 6.42 Å². The minimum absolute atomic E-state index is 0.104. The molecule has 1 rings (SSSR count). The predicted molar refractivity (Wildman–Crippen MR) is 66.5 cm³/mol. The van der Waals surface area contributed by atoms with Gasteiger partial charge in [0.25, 0.3) is 0 Å². The molecule has 0 atom stereocenters. The maximum Gasteiger partial charge on any atom is 0.307 e. The zero-order chi connectivity index (χ0) is 13.8. The average Bonchev–Trinajstić information content (AvgIpc) is 2.26. The number of hydrogen-bond acceptors (Lipinski definition) is 4. The van der Waals surface area contributed by atoms with Crippen LogP contribution in [0, 0.1) is 0 Å². The van der Waals surface area contributed by atoms with Crippen molar-refractivity contribution in [3.8, 4) is 17.2 Å². The molecule has 0 aliphatic rings. The summed E-state index contributed by atoms with van der Waals surface area (Å²) in [5, 5.41) is 8.82. The van der Waals surface area contributed by atoms with Crippen molar-refractivity contribution in [2.75, 3.05) is 14.2 Å². The highest BCUT2D eigenvalue weighted by molar-refractivity contribution is 5.68. The van der Waals surface area contributed by atoms with E-state index in [2.05, 4.69) is 0 Å². The van der Waals surface area contributed by atoms with Gasteiger partial charge in [-0.05, 0) is 26.0 Å². The summed E-state index contributed by atoms with van der Waals surface area (Å²) in [7, 11) is 3.04. The van der Waals surface area contributed by atoms with Gasteiger partial charge in [0.1, 0.15) is 5.60 Å². The van der Waals surface area contributed by atoms with Crippen LogP contribution in [0.3, 0.4) is 0 Å². The Bertz CT molecular complexity index is 425. The van der Waals surface area contributed by atoms with Crippen molar-refractivity contribution in [1.29, 1.82) is 0 Å². The smallest absolute Gasteiger partial charge is 0.307 e. The Morgan fingerprint density at radius 3 is 2.33 bits per heavy atom. The van der Waals surface area contributed by atoms with E-state index in [1.807, 2.05) is 0 Å². The van der Waals surface area contributed by atoms with E-state index in [1.165, 1.54) is 14.2 Å². The van der Waals surface area contributed by atoms with Crippen LogP contribution in [0.1, 0.15) is 20.3 Å². The van der Waals surface area contributed by atoms with Gasteiger partial charge in [-0.15, -0.1) is 0 Å². The van der Waals surface area contributed by atoms with Crippen molar-refractivity contribution in [1.82, 2.24) is 0 Å². The van der Waals surface area contributed by atoms with Crippen LogP contribution in [0.25, 0.3) is 0 Å². The number of benzene rings is 1. The van der Waals surface area contributed by atoms with E-state index in [0.29, 0.717) is 17.2 Å². The van der Waals surface area contributed by atoms with E-state index < -0.39 is 11.6 Å². The molecule has 0 unspecified atom stereocenters. The number of carboxylic acid groups (broad SMARTS) is 1. The van der Waals surface area contributed by atoms with Gasteiger partial charge in [0.15, 0.2) is 11.5 Å². The molecule has 1 aromatic rings. The van der Waals surface area contributed by atoms with E-state index in [4.69, 9.17) is 19.3 Å². The molecule has 5 heteroatoms. The topological polar surface area (TPSA) is 65.0 Å². The molecule has 5 nitrogen and oxygen atoms in total. The minimum Gasteiger partial charge on any atom is -0.493 e. The number of methoxy groups -OCH3 is 2. The van der Waals surface area contributed by atoms with E-state index in [1.54, 1.807) is 32.0 Å². The molecule has 18 heavy (non-hydrogen) atoms. The number of carboxylic acids is 1. The van der Waals surface area contributed by atoms with Crippen LogP contribution >= 0.6 is 0 Å². The first-order valence-electron chi connectivity index (χ1n) is 5.51. The van der Waals surface area contributed by atoms with Crippen molar-refractivity contribution >= 4 is 5.97 Å². The zero-order valence-electron chi connectivity index (χ0n) is 11.0. The molecular formula is C13H18O5. The highest BCUT2D eigenvalue weighted by Gasteiger charge is 2.26. The second-order valence-corrected chi connectivity index (χ2v) is 4.42. The first kappa shape index (κ1) is 14.2. The van der Waals surface area contributed by atoms with Gasteiger partial charge in [0, 0.05) is 0 Å². The summed E-state index contributed by atoms with van der Waals surface area (Å²) < 4.78 is 16.1. The van der Waals surface area contributed by atoms with Crippen LogP contribution in [0.2, 0.25) is 0 Å². The fourth-order valence-electron chi connectivity index (χ4n) is 1.64. The molecule has 1 aromatic carbocycles. The number of hydrogen-bond donors (Lipinski definition) is 1. The summed E-state index contributed by atoms with van der Waals surface area (Å²) in [4.78, 5) is 10.7. The maximum atomic E-state index is 10.7. The summed E-state index contributed by atoms with van der Waals surface area (Å²) in [6.07, 6.45) is -0.104. The van der Waals surface area contributed by atoms with Gasteiger partial charge in [-0.3, -0.25) is 4.79 Å². The van der Waals surface area contributed by atoms with Crippen LogP contribution in [0.15, 0.2) is 18.2 Å². The lowest BCUT2D eigenvalue weighted by Gasteiger charge is -2.26. The molecule has 0 radical (unpaired) electrons. The van der Waals surface area contributed by atoms with Gasteiger partial charge in [-0.2, -0.15) is 0 Å². The van der Waals surface area contributed by atoms with Crippen molar-refractivity contribution in [2.45, 2.75) is 25.9 Å². The number of carbonyl (C=O) groups is 1. The molecular weight excluding hydrogens is 236 g/mol. The lowest BCUT2D eigenvalue weighted by Crippen LogP contribution is -2.31. The summed E-state index contributed by atoms with van der Waals surface area (Å²) in [6.45, 7) is 3.42. The number of ether oxygens (including phenoxy) is 3. The third kappa shape index (κ3) is 3.55. The third-order valence-corrected chi connectivity index (χ3v) is 2.33. The van der Waals surface area contributed by atoms with Gasteiger partial charge in [-0.25, -0.2) is 0 Å². The molecule has 0 aliphatic heterocycles. The molecule has 0 heterocycles. The van der Waals surface area contributed by atoms with Gasteiger partial charge < -0.3 is 19.3 Å². The Morgan fingerprint density at radius 2 is 1.83 bits per heavy atom. The van der Waals surface area contributed by atoms with Crippen LogP contribution in [-0.4, -0.2) is 30.9 Å². The minimum atomic E-state index is -0.915. The van der Waals surface area contributed by atoms with Crippen LogP contribution in [0.5, 0.6) is 17.2 Å². The summed E-state index contributed by atoms with van der Waals surface area (Å²) in [6, 6.07) is 5.22. The van der Waals surface area contributed by atoms with Crippen LogP contribution in [-0.2, 0) is 4.79 Å². The quantitative estimate of drug-likeness (QED) is 0.844. The fraction of sp³-hybridized carbons (Fsp3) is 0.462. The first-order valence-corrected chi connectivity index (χ1v) is 5.51. The molecule has 0 spiro atoms. The van der Waals surface area contributed by atoms with Crippen molar-refractivity contribution in [3.63, 3.8) is 0 Å². The standard InChI is InChI=1S/C13H18O5/c1-13(2,8-11(14)15)18-10-7-5-6-9(16-3)12(10)17-4/h5-7H,8H2,1-4H3,(H,14,15). The van der Waals surface area contributed by atoms with Gasteiger partial charge in [-0.1, -0.05) is 6.07 Å². The van der Waals surface area contributed by atoms with Crippen molar-refractivity contribution in [2.24, 2.45) is 0 Å². The normalized spacial score (nSPS) is 10.9. The SMILES string of the molecule is COc1cccc(OC(C)(C)CC(=O)O)c1OC. The van der Waals surface area contributed by atoms with Gasteiger partial charge in [0.05, 0.1) is 20.6 Å². The number of para-hydroxylation sites is 1. The monoisotopic (exact) mass is 254 g/mol. The number of aliphatic carboxylic acids is 1. The molecule has 0 saturated heterocycles.